The molecule has 1 aromatic heterocycles. The highest BCUT2D eigenvalue weighted by Crippen LogP contribution is 2.29. The van der Waals surface area contributed by atoms with E-state index in [0.717, 1.165) is 54.5 Å². The summed E-state index contributed by atoms with van der Waals surface area (Å²) in [6.45, 7) is 12.5. The summed E-state index contributed by atoms with van der Waals surface area (Å²) in [6.07, 6.45) is 0.489. The van der Waals surface area contributed by atoms with E-state index in [9.17, 15) is 4.79 Å². The fourth-order valence-corrected chi connectivity index (χ4v) is 3.95. The summed E-state index contributed by atoms with van der Waals surface area (Å²) in [4.78, 5) is 21.6. The molecule has 0 bridgehead atoms. The van der Waals surface area contributed by atoms with Crippen molar-refractivity contribution in [3.63, 3.8) is 0 Å². The Balaban J connectivity index is 1.69. The Morgan fingerprint density at radius 1 is 1.22 bits per heavy atom. The Kier molecular flexibility index (Phi) is 6.05. The standard InChI is InChI=1S/C19H29IN4O3/c1-18(2,3)27-17(25)22-19(4)5-6-24(13-19)16-12-14(20)11-15(21-16)23-7-9-26-10-8-23/h11-12H,5-10,13H2,1-4H3,(H,22,25)/t19-/m0/s1. The number of carbonyl (C=O) groups excluding carboxylic acids is 1. The van der Waals surface area contributed by atoms with E-state index in [4.69, 9.17) is 14.5 Å². The SMILES string of the molecule is CC(C)(C)OC(=O)N[C@@]1(C)CCN(c2cc(I)cc(N3CCOCC3)n2)C1. The van der Waals surface area contributed by atoms with Crippen molar-refractivity contribution in [2.45, 2.75) is 45.3 Å². The van der Waals surface area contributed by atoms with Gasteiger partial charge < -0.3 is 24.6 Å². The van der Waals surface area contributed by atoms with E-state index < -0.39 is 5.60 Å². The molecular formula is C19H29IN4O3. The topological polar surface area (TPSA) is 66.9 Å². The molecule has 2 aliphatic heterocycles. The van der Waals surface area contributed by atoms with Crippen molar-refractivity contribution >= 4 is 40.3 Å². The number of pyridine rings is 1. The monoisotopic (exact) mass is 488 g/mol. The molecule has 0 unspecified atom stereocenters. The van der Waals surface area contributed by atoms with Gasteiger partial charge in [-0.25, -0.2) is 9.78 Å². The molecule has 0 spiro atoms. The highest BCUT2D eigenvalue weighted by molar-refractivity contribution is 14.1. The van der Waals surface area contributed by atoms with Crippen LogP contribution in [-0.4, -0.2) is 61.6 Å². The Labute approximate surface area is 174 Å². The van der Waals surface area contributed by atoms with Gasteiger partial charge in [0, 0.05) is 29.7 Å². The zero-order valence-corrected chi connectivity index (χ0v) is 18.7. The molecule has 2 fully saturated rings. The van der Waals surface area contributed by atoms with Crippen LogP contribution >= 0.6 is 22.6 Å². The summed E-state index contributed by atoms with van der Waals surface area (Å²) in [7, 11) is 0. The van der Waals surface area contributed by atoms with Crippen LogP contribution in [0.2, 0.25) is 0 Å². The second kappa shape index (κ2) is 7.98. The third kappa shape index (κ3) is 5.60. The fraction of sp³-hybridized carbons (Fsp3) is 0.684. The third-order valence-electron chi connectivity index (χ3n) is 4.70. The quantitative estimate of drug-likeness (QED) is 0.661. The van der Waals surface area contributed by atoms with Gasteiger partial charge in [-0.2, -0.15) is 0 Å². The highest BCUT2D eigenvalue weighted by Gasteiger charge is 2.37. The van der Waals surface area contributed by atoms with E-state index in [1.165, 1.54) is 0 Å². The van der Waals surface area contributed by atoms with Crippen molar-refractivity contribution < 1.29 is 14.3 Å². The Hall–Kier alpha value is -1.29. The maximum absolute atomic E-state index is 12.2. The molecule has 1 aromatic rings. The van der Waals surface area contributed by atoms with Gasteiger partial charge in [-0.15, -0.1) is 0 Å². The van der Waals surface area contributed by atoms with E-state index >= 15 is 0 Å². The molecule has 3 rings (SSSR count). The number of nitrogens with zero attached hydrogens (tertiary/aromatic N) is 3. The van der Waals surface area contributed by atoms with Crippen LogP contribution < -0.4 is 15.1 Å². The normalized spacial score (nSPS) is 23.4. The lowest BCUT2D eigenvalue weighted by atomic mass is 10.0. The lowest BCUT2D eigenvalue weighted by Gasteiger charge is -2.30. The molecule has 0 aliphatic carbocycles. The van der Waals surface area contributed by atoms with Crippen molar-refractivity contribution in [1.82, 2.24) is 10.3 Å². The molecule has 0 aromatic carbocycles. The van der Waals surface area contributed by atoms with Crippen molar-refractivity contribution in [1.29, 1.82) is 0 Å². The van der Waals surface area contributed by atoms with Crippen LogP contribution in [-0.2, 0) is 9.47 Å². The number of nitrogens with one attached hydrogen (secondary N) is 1. The largest absolute Gasteiger partial charge is 0.444 e. The summed E-state index contributed by atoms with van der Waals surface area (Å²) in [6, 6.07) is 4.22. The number of ether oxygens (including phenoxy) is 2. The van der Waals surface area contributed by atoms with Crippen LogP contribution in [0.3, 0.4) is 0 Å². The fourth-order valence-electron chi connectivity index (χ4n) is 3.40. The number of morpholine rings is 1. The van der Waals surface area contributed by atoms with Crippen LogP contribution in [0.1, 0.15) is 34.1 Å². The van der Waals surface area contributed by atoms with Gasteiger partial charge in [0.05, 0.1) is 18.8 Å². The van der Waals surface area contributed by atoms with Crippen molar-refractivity contribution in [2.75, 3.05) is 49.2 Å². The van der Waals surface area contributed by atoms with E-state index in [1.807, 2.05) is 20.8 Å². The number of halogens is 1. The molecule has 2 saturated heterocycles. The number of hydrogen-bond donors (Lipinski definition) is 1. The van der Waals surface area contributed by atoms with Crippen LogP contribution in [0.4, 0.5) is 16.4 Å². The molecule has 150 valence electrons. The van der Waals surface area contributed by atoms with Crippen LogP contribution in [0.15, 0.2) is 12.1 Å². The van der Waals surface area contributed by atoms with Crippen LogP contribution in [0, 0.1) is 3.57 Å². The zero-order chi connectivity index (χ0) is 19.7. The van der Waals surface area contributed by atoms with Gasteiger partial charge in [0.1, 0.15) is 17.2 Å². The van der Waals surface area contributed by atoms with E-state index in [-0.39, 0.29) is 11.6 Å². The lowest BCUT2D eigenvalue weighted by Crippen LogP contribution is -2.49. The molecule has 7 nitrogen and oxygen atoms in total. The number of rotatable bonds is 3. The lowest BCUT2D eigenvalue weighted by molar-refractivity contribution is 0.0473. The van der Waals surface area contributed by atoms with Crippen LogP contribution in [0.25, 0.3) is 0 Å². The molecule has 2 aliphatic rings. The minimum atomic E-state index is -0.497. The van der Waals surface area contributed by atoms with Crippen LogP contribution in [0.5, 0.6) is 0 Å². The minimum Gasteiger partial charge on any atom is -0.444 e. The maximum atomic E-state index is 12.2. The van der Waals surface area contributed by atoms with Gasteiger partial charge in [0.15, 0.2) is 0 Å². The predicted octanol–water partition coefficient (Wildman–Crippen LogP) is 3.02. The highest BCUT2D eigenvalue weighted by atomic mass is 127. The molecule has 8 heteroatoms. The van der Waals surface area contributed by atoms with E-state index in [0.29, 0.717) is 6.54 Å². The molecule has 1 amide bonds. The summed E-state index contributed by atoms with van der Waals surface area (Å²) in [5.41, 5.74) is -0.826. The van der Waals surface area contributed by atoms with Crippen molar-refractivity contribution in [3.8, 4) is 0 Å². The zero-order valence-electron chi connectivity index (χ0n) is 16.5. The summed E-state index contributed by atoms with van der Waals surface area (Å²) >= 11 is 2.34. The van der Waals surface area contributed by atoms with Gasteiger partial charge in [0.2, 0.25) is 0 Å². The molecule has 3 heterocycles. The number of amides is 1. The minimum absolute atomic E-state index is 0.329. The van der Waals surface area contributed by atoms with Gasteiger partial charge in [-0.05, 0) is 68.8 Å². The molecule has 0 radical (unpaired) electrons. The summed E-state index contributed by atoms with van der Waals surface area (Å²) in [5.74, 6) is 1.95. The number of hydrogen-bond acceptors (Lipinski definition) is 6. The first kappa shape index (κ1) is 20.4. The van der Waals surface area contributed by atoms with E-state index in [1.54, 1.807) is 0 Å². The number of aromatic nitrogens is 1. The van der Waals surface area contributed by atoms with Gasteiger partial charge in [-0.3, -0.25) is 0 Å². The smallest absolute Gasteiger partial charge is 0.408 e. The summed E-state index contributed by atoms with van der Waals surface area (Å²) in [5, 5.41) is 3.04. The number of anilines is 2. The second-order valence-electron chi connectivity index (χ2n) is 8.46. The summed E-state index contributed by atoms with van der Waals surface area (Å²) < 4.78 is 12.0. The first-order valence-electron chi connectivity index (χ1n) is 9.40. The molecule has 27 heavy (non-hydrogen) atoms. The van der Waals surface area contributed by atoms with Gasteiger partial charge in [0.25, 0.3) is 0 Å². The first-order valence-corrected chi connectivity index (χ1v) is 10.5. The van der Waals surface area contributed by atoms with Crippen molar-refractivity contribution in [2.24, 2.45) is 0 Å². The number of carbonyl (C=O) groups is 1. The first-order chi connectivity index (χ1) is 12.6. The van der Waals surface area contributed by atoms with Crippen molar-refractivity contribution in [3.05, 3.63) is 15.7 Å². The van der Waals surface area contributed by atoms with E-state index in [2.05, 4.69) is 56.8 Å². The Morgan fingerprint density at radius 2 is 1.85 bits per heavy atom. The molecule has 0 saturated carbocycles. The Bertz CT molecular complexity index is 688. The van der Waals surface area contributed by atoms with Gasteiger partial charge >= 0.3 is 6.09 Å². The number of alkyl carbamates (subject to hydrolysis) is 1. The third-order valence-corrected chi connectivity index (χ3v) is 5.32. The molecular weight excluding hydrogens is 459 g/mol. The second-order valence-corrected chi connectivity index (χ2v) is 9.71. The average Bonchev–Trinajstić information content (AvgIpc) is 2.95. The average molecular weight is 488 g/mol. The maximum Gasteiger partial charge on any atom is 0.408 e. The van der Waals surface area contributed by atoms with Gasteiger partial charge in [-0.1, -0.05) is 0 Å². The Morgan fingerprint density at radius 3 is 2.48 bits per heavy atom. The molecule has 1 N–H and O–H groups in total. The molecule has 1 atom stereocenters. The predicted molar refractivity (Wildman–Crippen MR) is 115 cm³/mol.